The van der Waals surface area contributed by atoms with Crippen LogP contribution in [-0.2, 0) is 12.6 Å². The van der Waals surface area contributed by atoms with Crippen LogP contribution in [0.5, 0.6) is 0 Å². The molecule has 0 fully saturated rings. The number of nitrogens with one attached hydrogen (secondary N) is 1. The van der Waals surface area contributed by atoms with Gasteiger partial charge in [-0.05, 0) is 66.9 Å². The summed E-state index contributed by atoms with van der Waals surface area (Å²) in [4.78, 5) is 25.1. The lowest BCUT2D eigenvalue weighted by Crippen LogP contribution is -2.28. The summed E-state index contributed by atoms with van der Waals surface area (Å²) in [7, 11) is 1.75. The maximum Gasteiger partial charge on any atom is 0.333 e. The van der Waals surface area contributed by atoms with Crippen LogP contribution in [0.25, 0.3) is 39.2 Å². The first-order valence-corrected chi connectivity index (χ1v) is 10.4. The van der Waals surface area contributed by atoms with Crippen LogP contribution >= 0.6 is 0 Å². The summed E-state index contributed by atoms with van der Waals surface area (Å²) in [5.74, 6) is 0. The van der Waals surface area contributed by atoms with Crippen LogP contribution < -0.4 is 11.4 Å². The van der Waals surface area contributed by atoms with Crippen molar-refractivity contribution in [2.45, 2.75) is 19.4 Å². The largest absolute Gasteiger partial charge is 0.346 e. The van der Waals surface area contributed by atoms with E-state index in [1.165, 1.54) is 0 Å². The molecular weight excluding hydrogens is 400 g/mol. The summed E-state index contributed by atoms with van der Waals surface area (Å²) in [6.45, 7) is 3.91. The van der Waals surface area contributed by atoms with Gasteiger partial charge >= 0.3 is 5.69 Å². The van der Waals surface area contributed by atoms with Gasteiger partial charge in [0, 0.05) is 42.8 Å². The number of rotatable bonds is 4. The van der Waals surface area contributed by atoms with Gasteiger partial charge in [-0.25, -0.2) is 9.78 Å². The van der Waals surface area contributed by atoms with E-state index in [0.29, 0.717) is 5.69 Å². The number of hydrogen-bond acceptors (Lipinski definition) is 4. The highest BCUT2D eigenvalue weighted by atomic mass is 16.1. The quantitative estimate of drug-likeness (QED) is 0.456. The van der Waals surface area contributed by atoms with Crippen LogP contribution in [0.2, 0.25) is 0 Å². The molecule has 0 saturated heterocycles. The molecule has 160 valence electrons. The molecule has 0 saturated carbocycles. The number of nitrogens with two attached hydrogens (primary N) is 1. The second kappa shape index (κ2) is 7.32. The van der Waals surface area contributed by atoms with Gasteiger partial charge in [-0.1, -0.05) is 12.1 Å². The lowest BCUT2D eigenvalue weighted by Gasteiger charge is -2.19. The number of hydrogen-bond donors (Lipinski definition) is 2. The van der Waals surface area contributed by atoms with Crippen molar-refractivity contribution in [1.82, 2.24) is 24.1 Å². The van der Waals surface area contributed by atoms with Gasteiger partial charge < -0.3 is 15.3 Å². The Labute approximate surface area is 185 Å². The van der Waals surface area contributed by atoms with E-state index in [-0.39, 0.29) is 5.69 Å². The number of aromatic amines is 1. The van der Waals surface area contributed by atoms with E-state index in [9.17, 15) is 4.79 Å². The maximum absolute atomic E-state index is 13.0. The van der Waals surface area contributed by atoms with E-state index < -0.39 is 5.54 Å². The Balaban J connectivity index is 1.64. The molecule has 0 radical (unpaired) electrons. The van der Waals surface area contributed by atoms with Crippen molar-refractivity contribution in [3.05, 3.63) is 89.4 Å². The summed E-state index contributed by atoms with van der Waals surface area (Å²) in [5, 5.41) is 1.04. The van der Waals surface area contributed by atoms with Crippen LogP contribution in [0.15, 0.2) is 78.1 Å². The molecule has 5 rings (SSSR count). The van der Waals surface area contributed by atoms with Crippen LogP contribution in [0.3, 0.4) is 0 Å². The third kappa shape index (κ3) is 3.33. The Morgan fingerprint density at radius 3 is 2.50 bits per heavy atom. The topological polar surface area (TPSA) is 94.5 Å². The summed E-state index contributed by atoms with van der Waals surface area (Å²) < 4.78 is 3.25. The molecule has 7 heteroatoms. The van der Waals surface area contributed by atoms with Crippen LogP contribution in [0, 0.1) is 0 Å². The van der Waals surface area contributed by atoms with Crippen LogP contribution in [-0.4, -0.2) is 24.1 Å². The first-order valence-electron chi connectivity index (χ1n) is 10.4. The lowest BCUT2D eigenvalue weighted by atomic mass is 9.95. The Morgan fingerprint density at radius 2 is 1.75 bits per heavy atom. The van der Waals surface area contributed by atoms with Gasteiger partial charge in [-0.3, -0.25) is 9.55 Å². The minimum absolute atomic E-state index is 0.135. The summed E-state index contributed by atoms with van der Waals surface area (Å²) in [6.07, 6.45) is 7.25. The van der Waals surface area contributed by atoms with Crippen molar-refractivity contribution in [2.75, 3.05) is 0 Å². The number of aromatic nitrogens is 5. The SMILES string of the molecule is Cn1cc(-c2cc(-c3ccnc4[nH]ccc34)ccn2)n(-c2ccc(C(C)(C)N)cc2)c1=O. The fourth-order valence-corrected chi connectivity index (χ4v) is 3.98. The Kier molecular flexibility index (Phi) is 4.56. The van der Waals surface area contributed by atoms with Crippen LogP contribution in [0.1, 0.15) is 19.4 Å². The molecule has 0 aliphatic rings. The smallest absolute Gasteiger partial charge is 0.333 e. The third-order valence-corrected chi connectivity index (χ3v) is 5.71. The fourth-order valence-electron chi connectivity index (χ4n) is 3.98. The number of fused-ring (bicyclic) bond motifs is 1. The van der Waals surface area contributed by atoms with Gasteiger partial charge in [0.1, 0.15) is 5.65 Å². The maximum atomic E-state index is 13.0. The summed E-state index contributed by atoms with van der Waals surface area (Å²) in [6, 6.07) is 15.7. The summed E-state index contributed by atoms with van der Waals surface area (Å²) >= 11 is 0. The Hall–Kier alpha value is -3.97. The molecule has 4 aromatic heterocycles. The van der Waals surface area contributed by atoms with Gasteiger partial charge in [0.15, 0.2) is 0 Å². The van der Waals surface area contributed by atoms with E-state index in [4.69, 9.17) is 5.73 Å². The molecule has 7 nitrogen and oxygen atoms in total. The van der Waals surface area contributed by atoms with Gasteiger partial charge in [0.2, 0.25) is 0 Å². The zero-order chi connectivity index (χ0) is 22.5. The summed E-state index contributed by atoms with van der Waals surface area (Å²) in [5.41, 5.74) is 11.7. The van der Waals surface area contributed by atoms with Crippen molar-refractivity contribution < 1.29 is 0 Å². The number of aryl methyl sites for hydroxylation is 1. The molecule has 3 N–H and O–H groups in total. The molecule has 0 unspecified atom stereocenters. The standard InChI is InChI=1S/C25H24N6O/c1-25(2,26)17-4-6-18(7-5-17)31-22(15-30(3)24(31)32)21-14-16(8-11-27-21)19-9-12-28-23-20(19)10-13-29-23/h4-15H,26H2,1-3H3,(H,28,29). The zero-order valence-electron chi connectivity index (χ0n) is 18.2. The molecule has 32 heavy (non-hydrogen) atoms. The minimum atomic E-state index is -0.451. The van der Waals surface area contributed by atoms with Crippen molar-refractivity contribution in [2.24, 2.45) is 12.8 Å². The highest BCUT2D eigenvalue weighted by Crippen LogP contribution is 2.30. The lowest BCUT2D eigenvalue weighted by molar-refractivity contribution is 0.554. The normalized spacial score (nSPS) is 11.9. The molecule has 0 aliphatic carbocycles. The van der Waals surface area contributed by atoms with Crippen molar-refractivity contribution in [3.63, 3.8) is 0 Å². The van der Waals surface area contributed by atoms with E-state index in [2.05, 4.69) is 15.0 Å². The molecule has 0 atom stereocenters. The second-order valence-electron chi connectivity index (χ2n) is 8.54. The van der Waals surface area contributed by atoms with Gasteiger partial charge in [-0.2, -0.15) is 0 Å². The average molecular weight is 425 g/mol. The predicted molar refractivity (Wildman–Crippen MR) is 127 cm³/mol. The van der Waals surface area contributed by atoms with E-state index >= 15 is 0 Å². The molecule has 5 aromatic rings. The number of nitrogens with zero attached hydrogens (tertiary/aromatic N) is 4. The molecule has 1 aromatic carbocycles. The van der Waals surface area contributed by atoms with Crippen LogP contribution in [0.4, 0.5) is 0 Å². The zero-order valence-corrected chi connectivity index (χ0v) is 18.2. The average Bonchev–Trinajstić information content (AvgIpc) is 3.38. The van der Waals surface area contributed by atoms with E-state index in [0.717, 1.165) is 39.1 Å². The fraction of sp³-hybridized carbons (Fsp3) is 0.160. The van der Waals surface area contributed by atoms with Gasteiger partial charge in [0.05, 0.1) is 17.1 Å². The first kappa shape index (κ1) is 20.0. The molecule has 0 aliphatic heterocycles. The number of benzene rings is 1. The van der Waals surface area contributed by atoms with E-state index in [1.54, 1.807) is 28.6 Å². The van der Waals surface area contributed by atoms with Crippen molar-refractivity contribution in [3.8, 4) is 28.2 Å². The van der Waals surface area contributed by atoms with Crippen molar-refractivity contribution >= 4 is 11.0 Å². The molecule has 0 bridgehead atoms. The molecular formula is C25H24N6O. The number of H-pyrrole nitrogens is 1. The predicted octanol–water partition coefficient (Wildman–Crippen LogP) is 3.98. The molecule has 0 amide bonds. The third-order valence-electron chi connectivity index (χ3n) is 5.71. The highest BCUT2D eigenvalue weighted by molar-refractivity contribution is 5.93. The minimum Gasteiger partial charge on any atom is -0.346 e. The Morgan fingerprint density at radius 1 is 1.00 bits per heavy atom. The first-order chi connectivity index (χ1) is 15.3. The monoisotopic (exact) mass is 424 g/mol. The number of pyridine rings is 2. The number of imidazole rings is 1. The highest BCUT2D eigenvalue weighted by Gasteiger charge is 2.18. The van der Waals surface area contributed by atoms with Crippen molar-refractivity contribution in [1.29, 1.82) is 0 Å². The molecule has 4 heterocycles. The van der Waals surface area contributed by atoms with Gasteiger partial charge in [0.25, 0.3) is 0 Å². The van der Waals surface area contributed by atoms with E-state index in [1.807, 2.05) is 74.8 Å². The molecule has 0 spiro atoms. The Bertz CT molecular complexity index is 1480. The second-order valence-corrected chi connectivity index (χ2v) is 8.54. The van der Waals surface area contributed by atoms with Gasteiger partial charge in [-0.15, -0.1) is 0 Å².